The Hall–Kier alpha value is -4.26. The van der Waals surface area contributed by atoms with Gasteiger partial charge in [0.2, 0.25) is 0 Å². The lowest BCUT2D eigenvalue weighted by Crippen LogP contribution is -2.19. The number of Topliss-reactive ketones (excluding diaryl/α,β-unsaturated/α-hetero) is 1. The van der Waals surface area contributed by atoms with Crippen molar-refractivity contribution in [2.75, 3.05) is 7.11 Å². The Labute approximate surface area is 183 Å². The molecule has 0 aliphatic carbocycles. The molecule has 3 aromatic heterocycles. The Morgan fingerprint density at radius 2 is 1.72 bits per heavy atom. The van der Waals surface area contributed by atoms with E-state index in [2.05, 4.69) is 10.1 Å². The number of ketones is 1. The number of fused-ring (bicyclic) bond motifs is 3. The largest absolute Gasteiger partial charge is 0.497 e. The van der Waals surface area contributed by atoms with Gasteiger partial charge in [-0.1, -0.05) is 12.1 Å². The zero-order chi connectivity index (χ0) is 22.4. The van der Waals surface area contributed by atoms with Gasteiger partial charge in [-0.25, -0.2) is 9.50 Å². The van der Waals surface area contributed by atoms with Gasteiger partial charge in [-0.05, 0) is 61.9 Å². The fourth-order valence-electron chi connectivity index (χ4n) is 3.93. The Morgan fingerprint density at radius 1 is 1.00 bits per heavy atom. The molecule has 7 heteroatoms. The summed E-state index contributed by atoms with van der Waals surface area (Å²) in [5.41, 5.74) is 5.15. The zero-order valence-electron chi connectivity index (χ0n) is 17.9. The predicted molar refractivity (Wildman–Crippen MR) is 123 cm³/mol. The minimum absolute atomic E-state index is 0.0179. The van der Waals surface area contributed by atoms with Crippen LogP contribution in [0.15, 0.2) is 71.8 Å². The van der Waals surface area contributed by atoms with Crippen molar-refractivity contribution >= 4 is 22.3 Å². The standard InChI is InChI=1S/C25H20N4O3/c1-15-23(18-6-10-20(32-3)11-7-18)24-26-14-21-22(29(24)27-15)12-13-28(25(21)31)19-8-4-17(5-9-19)16(2)30/h4-14H,1-3H3. The summed E-state index contributed by atoms with van der Waals surface area (Å²) in [6.45, 7) is 3.44. The first-order valence-corrected chi connectivity index (χ1v) is 10.1. The lowest BCUT2D eigenvalue weighted by atomic mass is 10.1. The molecule has 32 heavy (non-hydrogen) atoms. The van der Waals surface area contributed by atoms with Crippen LogP contribution in [0.25, 0.3) is 33.4 Å². The predicted octanol–water partition coefficient (Wildman–Crippen LogP) is 4.22. The SMILES string of the molecule is COc1ccc(-c2c(C)nn3c2ncc2c(=O)n(-c4ccc(C(C)=O)cc4)ccc23)cc1. The molecule has 0 radical (unpaired) electrons. The summed E-state index contributed by atoms with van der Waals surface area (Å²) in [5, 5.41) is 5.13. The third kappa shape index (κ3) is 3.06. The number of benzene rings is 2. The van der Waals surface area contributed by atoms with Crippen LogP contribution in [0.1, 0.15) is 23.0 Å². The topological polar surface area (TPSA) is 78.5 Å². The van der Waals surface area contributed by atoms with Gasteiger partial charge in [0, 0.05) is 29.2 Å². The molecule has 0 saturated carbocycles. The number of ether oxygens (including phenoxy) is 1. The maximum Gasteiger partial charge on any atom is 0.266 e. The van der Waals surface area contributed by atoms with Crippen LogP contribution in [0, 0.1) is 6.92 Å². The first kappa shape index (κ1) is 19.7. The van der Waals surface area contributed by atoms with Crippen LogP contribution in [0.3, 0.4) is 0 Å². The van der Waals surface area contributed by atoms with E-state index in [-0.39, 0.29) is 11.3 Å². The third-order valence-corrected chi connectivity index (χ3v) is 5.62. The number of pyridine rings is 1. The molecule has 0 amide bonds. The number of nitrogens with zero attached hydrogens (tertiary/aromatic N) is 4. The molecule has 3 heterocycles. The minimum Gasteiger partial charge on any atom is -0.497 e. The number of carbonyl (C=O) groups is 1. The summed E-state index contributed by atoms with van der Waals surface area (Å²) in [7, 11) is 1.63. The fourth-order valence-corrected chi connectivity index (χ4v) is 3.93. The highest BCUT2D eigenvalue weighted by molar-refractivity contribution is 5.94. The Kier molecular flexibility index (Phi) is 4.59. The van der Waals surface area contributed by atoms with E-state index >= 15 is 0 Å². The molecule has 2 aromatic carbocycles. The minimum atomic E-state index is -0.202. The van der Waals surface area contributed by atoms with E-state index in [9.17, 15) is 9.59 Å². The lowest BCUT2D eigenvalue weighted by Gasteiger charge is -2.09. The summed E-state index contributed by atoms with van der Waals surface area (Å²) < 4.78 is 8.51. The maximum atomic E-state index is 13.2. The lowest BCUT2D eigenvalue weighted by molar-refractivity contribution is 0.101. The van der Waals surface area contributed by atoms with Crippen molar-refractivity contribution in [3.05, 3.63) is 88.6 Å². The molecule has 0 aliphatic heterocycles. The zero-order valence-corrected chi connectivity index (χ0v) is 17.9. The number of aryl methyl sites for hydroxylation is 1. The van der Waals surface area contributed by atoms with Gasteiger partial charge in [-0.15, -0.1) is 0 Å². The van der Waals surface area contributed by atoms with E-state index in [0.717, 1.165) is 22.6 Å². The summed E-state index contributed by atoms with van der Waals surface area (Å²) >= 11 is 0. The number of carbonyl (C=O) groups excluding carboxylic acids is 1. The number of rotatable bonds is 4. The molecule has 0 spiro atoms. The third-order valence-electron chi connectivity index (χ3n) is 5.62. The van der Waals surface area contributed by atoms with Crippen molar-refractivity contribution in [2.45, 2.75) is 13.8 Å². The molecule has 0 N–H and O–H groups in total. The second-order valence-corrected chi connectivity index (χ2v) is 7.58. The van der Waals surface area contributed by atoms with Crippen LogP contribution in [0.5, 0.6) is 5.75 Å². The number of aromatic nitrogens is 4. The molecule has 0 unspecified atom stereocenters. The van der Waals surface area contributed by atoms with Gasteiger partial charge in [0.1, 0.15) is 5.75 Å². The molecule has 7 nitrogen and oxygen atoms in total. The van der Waals surface area contributed by atoms with Gasteiger partial charge in [-0.2, -0.15) is 5.10 Å². The highest BCUT2D eigenvalue weighted by Gasteiger charge is 2.17. The summed E-state index contributed by atoms with van der Waals surface area (Å²) in [6, 6.07) is 16.5. The molecule has 158 valence electrons. The molecule has 5 aromatic rings. The van der Waals surface area contributed by atoms with Crippen molar-refractivity contribution in [2.24, 2.45) is 0 Å². The van der Waals surface area contributed by atoms with Gasteiger partial charge in [0.25, 0.3) is 5.56 Å². The van der Waals surface area contributed by atoms with Crippen LogP contribution in [-0.4, -0.2) is 32.1 Å². The molecule has 0 saturated heterocycles. The van der Waals surface area contributed by atoms with Crippen molar-refractivity contribution < 1.29 is 9.53 Å². The van der Waals surface area contributed by atoms with Gasteiger partial charge in [0.05, 0.1) is 23.7 Å². The monoisotopic (exact) mass is 424 g/mol. The van der Waals surface area contributed by atoms with E-state index in [4.69, 9.17) is 4.74 Å². The number of hydrogen-bond donors (Lipinski definition) is 0. The van der Waals surface area contributed by atoms with Crippen molar-refractivity contribution in [1.82, 2.24) is 19.2 Å². The number of hydrogen-bond acceptors (Lipinski definition) is 5. The summed E-state index contributed by atoms with van der Waals surface area (Å²) in [4.78, 5) is 29.3. The van der Waals surface area contributed by atoms with E-state index in [1.54, 1.807) is 52.9 Å². The van der Waals surface area contributed by atoms with E-state index in [1.807, 2.05) is 37.3 Å². The first-order valence-electron chi connectivity index (χ1n) is 10.1. The van der Waals surface area contributed by atoms with Crippen LogP contribution < -0.4 is 10.3 Å². The quantitative estimate of drug-likeness (QED) is 0.404. The van der Waals surface area contributed by atoms with Gasteiger partial charge >= 0.3 is 0 Å². The van der Waals surface area contributed by atoms with E-state index in [1.165, 1.54) is 6.92 Å². The number of methoxy groups -OCH3 is 1. The molecule has 0 fully saturated rings. The molecule has 0 atom stereocenters. The second-order valence-electron chi connectivity index (χ2n) is 7.58. The van der Waals surface area contributed by atoms with Gasteiger partial charge < -0.3 is 4.74 Å². The summed E-state index contributed by atoms with van der Waals surface area (Å²) in [5.74, 6) is 0.758. The van der Waals surface area contributed by atoms with E-state index in [0.29, 0.717) is 27.8 Å². The highest BCUT2D eigenvalue weighted by atomic mass is 16.5. The second kappa shape index (κ2) is 7.46. The Balaban J connectivity index is 1.67. The Morgan fingerprint density at radius 3 is 2.38 bits per heavy atom. The molecular weight excluding hydrogens is 404 g/mol. The van der Waals surface area contributed by atoms with Crippen molar-refractivity contribution in [3.8, 4) is 22.6 Å². The molecule has 0 bridgehead atoms. The first-order chi connectivity index (χ1) is 15.5. The Bertz CT molecular complexity index is 1550. The summed E-state index contributed by atoms with van der Waals surface area (Å²) in [6.07, 6.45) is 3.32. The van der Waals surface area contributed by atoms with E-state index < -0.39 is 0 Å². The van der Waals surface area contributed by atoms with Crippen molar-refractivity contribution in [3.63, 3.8) is 0 Å². The normalized spacial score (nSPS) is 11.2. The van der Waals surface area contributed by atoms with Crippen LogP contribution in [0.4, 0.5) is 0 Å². The molecular formula is C25H20N4O3. The maximum absolute atomic E-state index is 13.2. The smallest absolute Gasteiger partial charge is 0.266 e. The average molecular weight is 424 g/mol. The molecule has 0 aliphatic rings. The van der Waals surface area contributed by atoms with Crippen LogP contribution in [0.2, 0.25) is 0 Å². The average Bonchev–Trinajstić information content (AvgIpc) is 3.15. The van der Waals surface area contributed by atoms with Crippen molar-refractivity contribution in [1.29, 1.82) is 0 Å². The van der Waals surface area contributed by atoms with Crippen LogP contribution in [-0.2, 0) is 0 Å². The van der Waals surface area contributed by atoms with Gasteiger partial charge in [-0.3, -0.25) is 14.2 Å². The van der Waals surface area contributed by atoms with Crippen LogP contribution >= 0.6 is 0 Å². The molecule has 5 rings (SSSR count). The fraction of sp³-hybridized carbons (Fsp3) is 0.120. The van der Waals surface area contributed by atoms with Gasteiger partial charge in [0.15, 0.2) is 11.4 Å². The highest BCUT2D eigenvalue weighted by Crippen LogP contribution is 2.30.